The largest absolute Gasteiger partial charge is 0.495 e. The van der Waals surface area contributed by atoms with E-state index in [1.54, 1.807) is 19.2 Å². The zero-order chi connectivity index (χ0) is 13.6. The van der Waals surface area contributed by atoms with Crippen LogP contribution in [0.1, 0.15) is 26.7 Å². The van der Waals surface area contributed by atoms with Crippen LogP contribution in [0.15, 0.2) is 18.2 Å². The normalized spacial score (nSPS) is 10.8. The standard InChI is InChI=1S/C14H20N2O2/c1-14(2,10-15)7-4-8-18-11-5-6-13(17-3)12(16)9-11/h5-6,9H,4,7-8,16H2,1-3H3. The number of hydrogen-bond donors (Lipinski definition) is 1. The van der Waals surface area contributed by atoms with Crippen LogP contribution in [0.3, 0.4) is 0 Å². The fourth-order valence-electron chi connectivity index (χ4n) is 1.56. The maximum atomic E-state index is 8.88. The molecule has 0 aliphatic heterocycles. The van der Waals surface area contributed by atoms with Crippen molar-refractivity contribution in [3.8, 4) is 17.6 Å². The van der Waals surface area contributed by atoms with Crippen LogP contribution in [-0.4, -0.2) is 13.7 Å². The molecule has 0 bridgehead atoms. The van der Waals surface area contributed by atoms with E-state index in [-0.39, 0.29) is 5.41 Å². The smallest absolute Gasteiger partial charge is 0.142 e. The van der Waals surface area contributed by atoms with Gasteiger partial charge in [-0.2, -0.15) is 5.26 Å². The Morgan fingerprint density at radius 3 is 2.67 bits per heavy atom. The van der Waals surface area contributed by atoms with Gasteiger partial charge >= 0.3 is 0 Å². The van der Waals surface area contributed by atoms with Crippen molar-refractivity contribution in [3.05, 3.63) is 18.2 Å². The second kappa shape index (κ2) is 6.15. The molecule has 4 nitrogen and oxygen atoms in total. The van der Waals surface area contributed by atoms with Gasteiger partial charge < -0.3 is 15.2 Å². The number of methoxy groups -OCH3 is 1. The van der Waals surface area contributed by atoms with Gasteiger partial charge in [-0.1, -0.05) is 0 Å². The van der Waals surface area contributed by atoms with Crippen LogP contribution in [0.2, 0.25) is 0 Å². The Morgan fingerprint density at radius 1 is 1.39 bits per heavy atom. The van der Waals surface area contributed by atoms with E-state index in [1.165, 1.54) is 0 Å². The van der Waals surface area contributed by atoms with Crippen molar-refractivity contribution in [2.24, 2.45) is 5.41 Å². The maximum absolute atomic E-state index is 8.88. The molecule has 4 heteroatoms. The summed E-state index contributed by atoms with van der Waals surface area (Å²) in [7, 11) is 1.58. The van der Waals surface area contributed by atoms with Crippen molar-refractivity contribution in [2.45, 2.75) is 26.7 Å². The van der Waals surface area contributed by atoms with E-state index in [0.29, 0.717) is 18.0 Å². The van der Waals surface area contributed by atoms with E-state index >= 15 is 0 Å². The van der Waals surface area contributed by atoms with Crippen LogP contribution < -0.4 is 15.2 Å². The average molecular weight is 248 g/mol. The van der Waals surface area contributed by atoms with Gasteiger partial charge in [0.15, 0.2) is 0 Å². The highest BCUT2D eigenvalue weighted by atomic mass is 16.5. The summed E-state index contributed by atoms with van der Waals surface area (Å²) in [6.45, 7) is 4.44. The Balaban J connectivity index is 2.41. The van der Waals surface area contributed by atoms with Crippen LogP contribution in [0.5, 0.6) is 11.5 Å². The highest BCUT2D eigenvalue weighted by Gasteiger charge is 2.15. The van der Waals surface area contributed by atoms with Crippen molar-refractivity contribution in [2.75, 3.05) is 19.5 Å². The molecule has 0 spiro atoms. The minimum absolute atomic E-state index is 0.289. The lowest BCUT2D eigenvalue weighted by Gasteiger charge is -2.15. The number of benzene rings is 1. The second-order valence-corrected chi connectivity index (χ2v) is 4.85. The van der Waals surface area contributed by atoms with Crippen LogP contribution in [-0.2, 0) is 0 Å². The molecular weight excluding hydrogens is 228 g/mol. The summed E-state index contributed by atoms with van der Waals surface area (Å²) in [5.74, 6) is 1.37. The summed E-state index contributed by atoms with van der Waals surface area (Å²) < 4.78 is 10.6. The first kappa shape index (κ1) is 14.2. The maximum Gasteiger partial charge on any atom is 0.142 e. The molecule has 0 heterocycles. The van der Waals surface area contributed by atoms with Crippen molar-refractivity contribution in [3.63, 3.8) is 0 Å². The van der Waals surface area contributed by atoms with Crippen molar-refractivity contribution >= 4 is 5.69 Å². The number of anilines is 1. The van der Waals surface area contributed by atoms with Gasteiger partial charge in [-0.05, 0) is 38.8 Å². The summed E-state index contributed by atoms with van der Waals surface area (Å²) >= 11 is 0. The SMILES string of the molecule is COc1ccc(OCCCC(C)(C)C#N)cc1N. The Kier molecular flexibility index (Phi) is 4.85. The third kappa shape index (κ3) is 4.17. The van der Waals surface area contributed by atoms with Gasteiger partial charge in [-0.25, -0.2) is 0 Å². The number of rotatable bonds is 6. The molecule has 2 N–H and O–H groups in total. The molecule has 98 valence electrons. The van der Waals surface area contributed by atoms with Crippen molar-refractivity contribution in [1.82, 2.24) is 0 Å². The summed E-state index contributed by atoms with van der Waals surface area (Å²) in [5.41, 5.74) is 6.05. The van der Waals surface area contributed by atoms with Gasteiger partial charge in [0, 0.05) is 6.07 Å². The zero-order valence-corrected chi connectivity index (χ0v) is 11.2. The number of hydrogen-bond acceptors (Lipinski definition) is 4. The lowest BCUT2D eigenvalue weighted by molar-refractivity contribution is 0.284. The number of nitrogens with two attached hydrogens (primary N) is 1. The van der Waals surface area contributed by atoms with E-state index < -0.39 is 0 Å². The van der Waals surface area contributed by atoms with E-state index in [0.717, 1.165) is 18.6 Å². The molecule has 0 saturated heterocycles. The summed E-state index contributed by atoms with van der Waals surface area (Å²) in [5, 5.41) is 8.88. The summed E-state index contributed by atoms with van der Waals surface area (Å²) in [4.78, 5) is 0. The Labute approximate surface area is 108 Å². The number of nitrogen functional groups attached to an aromatic ring is 1. The molecule has 0 atom stereocenters. The molecular formula is C14H20N2O2. The Morgan fingerprint density at radius 2 is 2.11 bits per heavy atom. The topological polar surface area (TPSA) is 68.3 Å². The summed E-state index contributed by atoms with van der Waals surface area (Å²) in [6, 6.07) is 7.62. The lowest BCUT2D eigenvalue weighted by Crippen LogP contribution is -2.10. The molecule has 0 aromatic heterocycles. The Bertz CT molecular complexity index is 436. The molecule has 0 unspecified atom stereocenters. The van der Waals surface area contributed by atoms with Gasteiger partial charge in [0.2, 0.25) is 0 Å². The summed E-state index contributed by atoms with van der Waals surface area (Å²) in [6.07, 6.45) is 1.65. The molecule has 1 aromatic carbocycles. The highest BCUT2D eigenvalue weighted by molar-refractivity contribution is 5.56. The fraction of sp³-hybridized carbons (Fsp3) is 0.500. The molecule has 0 amide bonds. The van der Waals surface area contributed by atoms with E-state index in [1.807, 2.05) is 19.9 Å². The number of ether oxygens (including phenoxy) is 2. The first-order valence-electron chi connectivity index (χ1n) is 5.96. The molecule has 1 rings (SSSR count). The van der Waals surface area contributed by atoms with E-state index in [4.69, 9.17) is 20.5 Å². The van der Waals surface area contributed by atoms with Crippen LogP contribution >= 0.6 is 0 Å². The fourth-order valence-corrected chi connectivity index (χ4v) is 1.56. The molecule has 0 radical (unpaired) electrons. The van der Waals surface area contributed by atoms with E-state index in [2.05, 4.69) is 6.07 Å². The van der Waals surface area contributed by atoms with Crippen LogP contribution in [0, 0.1) is 16.7 Å². The predicted octanol–water partition coefficient (Wildman–Crippen LogP) is 2.99. The third-order valence-electron chi connectivity index (χ3n) is 2.72. The Hall–Kier alpha value is -1.89. The van der Waals surface area contributed by atoms with Gasteiger partial charge in [0.1, 0.15) is 11.5 Å². The third-order valence-corrected chi connectivity index (χ3v) is 2.72. The van der Waals surface area contributed by atoms with Crippen molar-refractivity contribution < 1.29 is 9.47 Å². The first-order chi connectivity index (χ1) is 8.48. The minimum atomic E-state index is -0.289. The van der Waals surface area contributed by atoms with Gasteiger partial charge in [-0.3, -0.25) is 0 Å². The molecule has 0 aliphatic rings. The zero-order valence-electron chi connectivity index (χ0n) is 11.2. The number of nitriles is 1. The first-order valence-corrected chi connectivity index (χ1v) is 5.96. The quantitative estimate of drug-likeness (QED) is 0.620. The average Bonchev–Trinajstić information content (AvgIpc) is 2.35. The van der Waals surface area contributed by atoms with Crippen LogP contribution in [0.25, 0.3) is 0 Å². The van der Waals surface area contributed by atoms with Gasteiger partial charge in [0.25, 0.3) is 0 Å². The lowest BCUT2D eigenvalue weighted by atomic mass is 9.90. The molecule has 0 saturated carbocycles. The second-order valence-electron chi connectivity index (χ2n) is 4.85. The number of nitrogens with zero attached hydrogens (tertiary/aromatic N) is 1. The molecule has 0 fully saturated rings. The molecule has 1 aromatic rings. The highest BCUT2D eigenvalue weighted by Crippen LogP contribution is 2.26. The predicted molar refractivity (Wildman–Crippen MR) is 71.5 cm³/mol. The molecule has 0 aliphatic carbocycles. The van der Waals surface area contributed by atoms with Gasteiger partial charge in [0.05, 0.1) is 30.9 Å². The van der Waals surface area contributed by atoms with Gasteiger partial charge in [-0.15, -0.1) is 0 Å². The van der Waals surface area contributed by atoms with E-state index in [9.17, 15) is 0 Å². The van der Waals surface area contributed by atoms with Crippen molar-refractivity contribution in [1.29, 1.82) is 5.26 Å². The minimum Gasteiger partial charge on any atom is -0.495 e. The monoisotopic (exact) mass is 248 g/mol. The molecule has 18 heavy (non-hydrogen) atoms. The van der Waals surface area contributed by atoms with Crippen LogP contribution in [0.4, 0.5) is 5.69 Å².